The molecule has 27 heavy (non-hydrogen) atoms. The predicted octanol–water partition coefficient (Wildman–Crippen LogP) is 5.07. The molecule has 142 valence electrons. The molecule has 0 saturated carbocycles. The molecule has 3 rings (SSSR count). The molecule has 0 spiro atoms. The maximum atomic E-state index is 13.7. The van der Waals surface area contributed by atoms with E-state index in [1.807, 2.05) is 4.57 Å². The highest BCUT2D eigenvalue weighted by atomic mass is 32.2. The van der Waals surface area contributed by atoms with E-state index in [0.29, 0.717) is 5.16 Å². The van der Waals surface area contributed by atoms with Gasteiger partial charge in [0.05, 0.1) is 11.4 Å². The van der Waals surface area contributed by atoms with Crippen LogP contribution in [0.5, 0.6) is 0 Å². The molecular weight excluding hydrogens is 383 g/mol. The second-order valence-corrected chi connectivity index (χ2v) is 8.44. The molecule has 0 aliphatic carbocycles. The van der Waals surface area contributed by atoms with Gasteiger partial charge in [-0.2, -0.15) is 0 Å². The Morgan fingerprint density at radius 1 is 1.30 bits per heavy atom. The van der Waals surface area contributed by atoms with Gasteiger partial charge in [0, 0.05) is 21.9 Å². The molecule has 0 atom stereocenters. The second-order valence-electron chi connectivity index (χ2n) is 6.42. The maximum Gasteiger partial charge on any atom is 0.234 e. The van der Waals surface area contributed by atoms with E-state index in [9.17, 15) is 9.18 Å². The van der Waals surface area contributed by atoms with E-state index in [1.165, 1.54) is 34.3 Å². The molecule has 0 saturated heterocycles. The molecule has 8 heteroatoms. The summed E-state index contributed by atoms with van der Waals surface area (Å²) in [6.45, 7) is 8.28. The van der Waals surface area contributed by atoms with Crippen LogP contribution in [0, 0.1) is 19.7 Å². The van der Waals surface area contributed by atoms with Crippen molar-refractivity contribution in [2.45, 2.75) is 38.9 Å². The number of thiophene rings is 1. The zero-order chi connectivity index (χ0) is 19.6. The molecule has 0 bridgehead atoms. The van der Waals surface area contributed by atoms with Gasteiger partial charge in [-0.15, -0.1) is 21.5 Å². The second kappa shape index (κ2) is 8.22. The average Bonchev–Trinajstić information content (AvgIpc) is 3.19. The molecule has 1 aromatic carbocycles. The summed E-state index contributed by atoms with van der Waals surface area (Å²) in [6, 6.07) is 6.26. The van der Waals surface area contributed by atoms with Gasteiger partial charge in [-0.1, -0.05) is 23.9 Å². The number of carbonyl (C=O) groups excluding carboxylic acids is 1. The molecule has 0 unspecified atom stereocenters. The fraction of sp³-hybridized carbons (Fsp3) is 0.316. The number of benzene rings is 1. The highest BCUT2D eigenvalue weighted by molar-refractivity contribution is 7.99. The van der Waals surface area contributed by atoms with Crippen LogP contribution in [0.3, 0.4) is 0 Å². The van der Waals surface area contributed by atoms with Gasteiger partial charge in [0.2, 0.25) is 5.91 Å². The fourth-order valence-corrected chi connectivity index (χ4v) is 4.37. The van der Waals surface area contributed by atoms with Crippen LogP contribution < -0.4 is 5.32 Å². The number of rotatable bonds is 6. The SMILES string of the molecule is Cc1scc(-c2nnc(SCC(=O)Nc3ccccc3F)n2C(C)C)c1C. The molecule has 0 radical (unpaired) electrons. The van der Waals surface area contributed by atoms with Gasteiger partial charge in [0.25, 0.3) is 0 Å². The van der Waals surface area contributed by atoms with Gasteiger partial charge in [-0.05, 0) is 45.4 Å². The minimum Gasteiger partial charge on any atom is -0.323 e. The van der Waals surface area contributed by atoms with Crippen LogP contribution in [0.4, 0.5) is 10.1 Å². The molecule has 0 fully saturated rings. The van der Waals surface area contributed by atoms with E-state index < -0.39 is 5.82 Å². The minimum atomic E-state index is -0.452. The highest BCUT2D eigenvalue weighted by Crippen LogP contribution is 2.33. The standard InChI is InChI=1S/C19H21FN4OS2/c1-11(2)24-18(14-9-26-13(4)12(14)3)22-23-19(24)27-10-17(25)21-16-8-6-5-7-15(16)20/h5-9,11H,10H2,1-4H3,(H,21,25). The van der Waals surface area contributed by atoms with E-state index in [4.69, 9.17) is 0 Å². The van der Waals surface area contributed by atoms with Gasteiger partial charge < -0.3 is 5.32 Å². The topological polar surface area (TPSA) is 59.8 Å². The first kappa shape index (κ1) is 19.6. The monoisotopic (exact) mass is 404 g/mol. The predicted molar refractivity (Wildman–Crippen MR) is 109 cm³/mol. The lowest BCUT2D eigenvalue weighted by atomic mass is 10.1. The molecular formula is C19H21FN4OS2. The van der Waals surface area contributed by atoms with Gasteiger partial charge in [0.15, 0.2) is 11.0 Å². The third kappa shape index (κ3) is 4.22. The minimum absolute atomic E-state index is 0.126. The zero-order valence-corrected chi connectivity index (χ0v) is 17.2. The molecule has 5 nitrogen and oxygen atoms in total. The number of aromatic nitrogens is 3. The third-order valence-corrected chi connectivity index (χ3v) is 6.14. The number of halogens is 1. The summed E-state index contributed by atoms with van der Waals surface area (Å²) < 4.78 is 15.7. The lowest BCUT2D eigenvalue weighted by molar-refractivity contribution is -0.113. The number of nitrogens with zero attached hydrogens (tertiary/aromatic N) is 3. The van der Waals surface area contributed by atoms with Crippen LogP contribution in [0.15, 0.2) is 34.8 Å². The Hall–Kier alpha value is -2.19. The molecule has 2 aromatic heterocycles. The molecule has 3 aromatic rings. The summed E-state index contributed by atoms with van der Waals surface area (Å²) in [4.78, 5) is 13.5. The largest absolute Gasteiger partial charge is 0.323 e. The number of thioether (sulfide) groups is 1. The molecule has 0 aliphatic rings. The Morgan fingerprint density at radius 2 is 2.04 bits per heavy atom. The summed E-state index contributed by atoms with van der Waals surface area (Å²) in [5.74, 6) is 0.198. The Bertz CT molecular complexity index is 965. The van der Waals surface area contributed by atoms with Crippen molar-refractivity contribution in [3.05, 3.63) is 45.9 Å². The van der Waals surface area contributed by atoms with Crippen molar-refractivity contribution < 1.29 is 9.18 Å². The average molecular weight is 405 g/mol. The van der Waals surface area contributed by atoms with Crippen LogP contribution >= 0.6 is 23.1 Å². The maximum absolute atomic E-state index is 13.7. The first-order valence-electron chi connectivity index (χ1n) is 8.55. The van der Waals surface area contributed by atoms with E-state index in [-0.39, 0.29) is 23.4 Å². The third-order valence-electron chi connectivity index (χ3n) is 4.19. The van der Waals surface area contributed by atoms with Crippen LogP contribution in [0.2, 0.25) is 0 Å². The summed E-state index contributed by atoms with van der Waals surface area (Å²) in [7, 11) is 0. The number of nitrogens with one attached hydrogen (secondary N) is 1. The highest BCUT2D eigenvalue weighted by Gasteiger charge is 2.20. The number of anilines is 1. The van der Waals surface area contributed by atoms with Crippen LogP contribution in [-0.4, -0.2) is 26.4 Å². The van der Waals surface area contributed by atoms with Crippen molar-refractivity contribution in [1.82, 2.24) is 14.8 Å². The number of aryl methyl sites for hydroxylation is 1. The van der Waals surface area contributed by atoms with Crippen LogP contribution in [0.25, 0.3) is 11.4 Å². The van der Waals surface area contributed by atoms with Crippen molar-refractivity contribution in [1.29, 1.82) is 0 Å². The van der Waals surface area contributed by atoms with Crippen molar-refractivity contribution in [3.63, 3.8) is 0 Å². The van der Waals surface area contributed by atoms with E-state index >= 15 is 0 Å². The normalized spacial score (nSPS) is 11.2. The molecule has 2 heterocycles. The summed E-state index contributed by atoms with van der Waals surface area (Å²) in [5.41, 5.74) is 2.45. The van der Waals surface area contributed by atoms with Crippen molar-refractivity contribution in [2.24, 2.45) is 0 Å². The molecule has 1 amide bonds. The fourth-order valence-electron chi connectivity index (χ4n) is 2.64. The first-order valence-corrected chi connectivity index (χ1v) is 10.4. The van der Waals surface area contributed by atoms with Crippen LogP contribution in [0.1, 0.15) is 30.3 Å². The number of hydrogen-bond acceptors (Lipinski definition) is 5. The Balaban J connectivity index is 1.76. The Morgan fingerprint density at radius 3 is 2.67 bits per heavy atom. The number of hydrogen-bond donors (Lipinski definition) is 1. The van der Waals surface area contributed by atoms with E-state index in [1.54, 1.807) is 23.5 Å². The number of carbonyl (C=O) groups is 1. The van der Waals surface area contributed by atoms with Gasteiger partial charge in [0.1, 0.15) is 5.82 Å². The smallest absolute Gasteiger partial charge is 0.234 e. The van der Waals surface area contributed by atoms with Gasteiger partial charge in [-0.25, -0.2) is 4.39 Å². The summed E-state index contributed by atoms with van der Waals surface area (Å²) in [5, 5.41) is 14.0. The van der Waals surface area contributed by atoms with Crippen LogP contribution in [-0.2, 0) is 4.79 Å². The number of amides is 1. The van der Waals surface area contributed by atoms with Crippen molar-refractivity contribution in [3.8, 4) is 11.4 Å². The lowest BCUT2D eigenvalue weighted by Gasteiger charge is -2.13. The van der Waals surface area contributed by atoms with Crippen molar-refractivity contribution in [2.75, 3.05) is 11.1 Å². The first-order chi connectivity index (χ1) is 12.9. The van der Waals surface area contributed by atoms with E-state index in [2.05, 4.69) is 48.6 Å². The number of para-hydroxylation sites is 1. The van der Waals surface area contributed by atoms with E-state index in [0.717, 1.165) is 11.4 Å². The van der Waals surface area contributed by atoms with Gasteiger partial charge >= 0.3 is 0 Å². The van der Waals surface area contributed by atoms with Crippen molar-refractivity contribution >= 4 is 34.7 Å². The van der Waals surface area contributed by atoms with Gasteiger partial charge in [-0.3, -0.25) is 9.36 Å². The summed E-state index contributed by atoms with van der Waals surface area (Å²) >= 11 is 2.98. The molecule has 0 aliphatic heterocycles. The Labute approximate surface area is 166 Å². The molecule has 1 N–H and O–H groups in total. The quantitative estimate of drug-likeness (QED) is 0.583. The Kier molecular flexibility index (Phi) is 5.96. The summed E-state index contributed by atoms with van der Waals surface area (Å²) in [6.07, 6.45) is 0. The zero-order valence-electron chi connectivity index (χ0n) is 15.6. The lowest BCUT2D eigenvalue weighted by Crippen LogP contribution is -2.15.